The fourth-order valence-corrected chi connectivity index (χ4v) is 1.88. The van der Waals surface area contributed by atoms with Crippen LogP contribution in [0.25, 0.3) is 0 Å². The number of hydrogen-bond acceptors (Lipinski definition) is 4. The zero-order valence-corrected chi connectivity index (χ0v) is 12.2. The molecule has 1 unspecified atom stereocenters. The van der Waals surface area contributed by atoms with Crippen molar-refractivity contribution in [3.8, 4) is 0 Å². The largest absolute Gasteiger partial charge is 0.466 e. The molecule has 7 heteroatoms. The summed E-state index contributed by atoms with van der Waals surface area (Å²) in [6.45, 7) is 4.47. The van der Waals surface area contributed by atoms with E-state index in [1.165, 1.54) is 6.26 Å². The quantitative estimate of drug-likeness (QED) is 0.758. The Balaban J connectivity index is 1.84. The molecule has 3 N–H and O–H groups in total. The maximum atomic E-state index is 11.8. The molecule has 0 aliphatic carbocycles. The summed E-state index contributed by atoms with van der Waals surface area (Å²) < 4.78 is 6.90. The molecule has 2 rings (SSSR count). The Hall–Kier alpha value is -2.28. The van der Waals surface area contributed by atoms with Gasteiger partial charge in [-0.15, -0.1) is 0 Å². The summed E-state index contributed by atoms with van der Waals surface area (Å²) in [7, 11) is 0. The van der Waals surface area contributed by atoms with Crippen molar-refractivity contribution in [1.82, 2.24) is 15.1 Å². The van der Waals surface area contributed by atoms with Gasteiger partial charge in [-0.1, -0.05) is 6.92 Å². The fourth-order valence-electron chi connectivity index (χ4n) is 1.88. The van der Waals surface area contributed by atoms with E-state index in [4.69, 9.17) is 4.42 Å². The second-order valence-corrected chi connectivity index (χ2v) is 5.05. The number of amides is 2. The van der Waals surface area contributed by atoms with E-state index in [2.05, 4.69) is 22.7 Å². The van der Waals surface area contributed by atoms with Gasteiger partial charge >= 0.3 is 6.03 Å². The van der Waals surface area contributed by atoms with Gasteiger partial charge in [-0.2, -0.15) is 5.10 Å². The number of rotatable bonds is 6. The van der Waals surface area contributed by atoms with Gasteiger partial charge in [-0.3, -0.25) is 4.68 Å². The van der Waals surface area contributed by atoms with E-state index in [0.29, 0.717) is 11.4 Å². The summed E-state index contributed by atoms with van der Waals surface area (Å²) in [6, 6.07) is 2.94. The zero-order valence-electron chi connectivity index (χ0n) is 12.2. The average Bonchev–Trinajstić information content (AvgIpc) is 3.09. The molecule has 7 nitrogen and oxygen atoms in total. The maximum Gasteiger partial charge on any atom is 0.319 e. The lowest BCUT2D eigenvalue weighted by Crippen LogP contribution is -2.40. The molecule has 2 heterocycles. The lowest BCUT2D eigenvalue weighted by atomic mass is 10.0. The van der Waals surface area contributed by atoms with Crippen molar-refractivity contribution in [3.05, 3.63) is 36.5 Å². The molecule has 0 aliphatic rings. The molecule has 1 atom stereocenters. The topological polar surface area (TPSA) is 92.3 Å². The minimum atomic E-state index is -1.26. The molecular formula is C14H20N4O3. The normalized spacial score (nSPS) is 13.7. The molecule has 0 saturated heterocycles. The van der Waals surface area contributed by atoms with Crippen molar-refractivity contribution in [3.63, 3.8) is 0 Å². The van der Waals surface area contributed by atoms with Crippen LogP contribution in [0.5, 0.6) is 0 Å². The van der Waals surface area contributed by atoms with Gasteiger partial charge in [0.15, 0.2) is 0 Å². The second-order valence-electron chi connectivity index (χ2n) is 5.05. The summed E-state index contributed by atoms with van der Waals surface area (Å²) in [4.78, 5) is 11.8. The Labute approximate surface area is 123 Å². The molecule has 2 aromatic rings. The second kappa shape index (κ2) is 6.45. The lowest BCUT2D eigenvalue weighted by Gasteiger charge is -2.21. The van der Waals surface area contributed by atoms with Crippen LogP contribution < -0.4 is 10.6 Å². The van der Waals surface area contributed by atoms with Crippen molar-refractivity contribution >= 4 is 11.7 Å². The first-order valence-electron chi connectivity index (χ1n) is 6.85. The van der Waals surface area contributed by atoms with Gasteiger partial charge in [0, 0.05) is 12.7 Å². The minimum Gasteiger partial charge on any atom is -0.466 e. The fraction of sp³-hybridized carbons (Fsp3) is 0.429. The number of nitrogens with one attached hydrogen (secondary N) is 2. The van der Waals surface area contributed by atoms with Crippen molar-refractivity contribution in [2.24, 2.45) is 0 Å². The first-order chi connectivity index (χ1) is 10.0. The molecule has 0 aliphatic heterocycles. The van der Waals surface area contributed by atoms with Gasteiger partial charge in [-0.25, -0.2) is 4.79 Å². The number of hydrogen-bond donors (Lipinski definition) is 3. The number of carbonyl (C=O) groups excluding carboxylic acids is 1. The Morgan fingerprint density at radius 1 is 1.57 bits per heavy atom. The number of aryl methyl sites for hydroxylation is 1. The predicted molar refractivity (Wildman–Crippen MR) is 77.8 cm³/mol. The van der Waals surface area contributed by atoms with Gasteiger partial charge in [0.05, 0.1) is 24.7 Å². The van der Waals surface area contributed by atoms with E-state index in [9.17, 15) is 9.90 Å². The number of aliphatic hydroxyl groups is 1. The SMILES string of the molecule is CCCn1cc(NC(=O)NCC(C)(O)c2ccco2)cn1. The van der Waals surface area contributed by atoms with E-state index in [1.54, 1.807) is 36.1 Å². The van der Waals surface area contributed by atoms with Gasteiger partial charge in [0.1, 0.15) is 11.4 Å². The Morgan fingerprint density at radius 3 is 3.05 bits per heavy atom. The number of furan rings is 1. The smallest absolute Gasteiger partial charge is 0.319 e. The Kier molecular flexibility index (Phi) is 4.64. The van der Waals surface area contributed by atoms with Crippen molar-refractivity contribution in [2.45, 2.75) is 32.4 Å². The van der Waals surface area contributed by atoms with Crippen LogP contribution in [-0.4, -0.2) is 27.5 Å². The van der Waals surface area contributed by atoms with Crippen molar-refractivity contribution in [1.29, 1.82) is 0 Å². The van der Waals surface area contributed by atoms with Crippen LogP contribution in [0.15, 0.2) is 35.2 Å². The third kappa shape index (κ3) is 4.09. The number of nitrogens with zero attached hydrogens (tertiary/aromatic N) is 2. The summed E-state index contributed by atoms with van der Waals surface area (Å²) in [6.07, 6.45) is 5.79. The van der Waals surface area contributed by atoms with Crippen molar-refractivity contribution in [2.75, 3.05) is 11.9 Å². The summed E-state index contributed by atoms with van der Waals surface area (Å²) in [5, 5.41) is 19.6. The summed E-state index contributed by atoms with van der Waals surface area (Å²) in [5.74, 6) is 0.401. The van der Waals surface area contributed by atoms with Crippen LogP contribution in [0.3, 0.4) is 0 Å². The molecule has 0 spiro atoms. The number of urea groups is 1. The first-order valence-corrected chi connectivity index (χ1v) is 6.85. The Bertz CT molecular complexity index is 575. The van der Waals surface area contributed by atoms with E-state index >= 15 is 0 Å². The highest BCUT2D eigenvalue weighted by molar-refractivity contribution is 5.88. The van der Waals surface area contributed by atoms with Crippen LogP contribution in [-0.2, 0) is 12.1 Å². The van der Waals surface area contributed by atoms with Crippen LogP contribution in [0, 0.1) is 0 Å². The van der Waals surface area contributed by atoms with Crippen LogP contribution in [0.1, 0.15) is 26.0 Å². The lowest BCUT2D eigenvalue weighted by molar-refractivity contribution is 0.0372. The number of carbonyl (C=O) groups is 1. The summed E-state index contributed by atoms with van der Waals surface area (Å²) in [5.41, 5.74) is -0.647. The molecule has 0 fully saturated rings. The van der Waals surface area contributed by atoms with E-state index < -0.39 is 11.6 Å². The molecule has 114 valence electrons. The maximum absolute atomic E-state index is 11.8. The average molecular weight is 292 g/mol. The number of aromatic nitrogens is 2. The van der Waals surface area contributed by atoms with Gasteiger partial charge in [-0.05, 0) is 25.5 Å². The van der Waals surface area contributed by atoms with E-state index in [0.717, 1.165) is 13.0 Å². The standard InChI is InChI=1S/C14H20N4O3/c1-3-6-18-9-11(8-16-18)17-13(19)15-10-14(2,20)12-5-4-7-21-12/h4-5,7-9,20H,3,6,10H2,1-2H3,(H2,15,17,19). The van der Waals surface area contributed by atoms with Crippen LogP contribution in [0.4, 0.5) is 10.5 Å². The van der Waals surface area contributed by atoms with Crippen molar-refractivity contribution < 1.29 is 14.3 Å². The Morgan fingerprint density at radius 2 is 2.38 bits per heavy atom. The van der Waals surface area contributed by atoms with Crippen LogP contribution in [0.2, 0.25) is 0 Å². The third-order valence-corrected chi connectivity index (χ3v) is 2.99. The molecule has 0 bridgehead atoms. The van der Waals surface area contributed by atoms with Gasteiger partial charge in [0.2, 0.25) is 0 Å². The number of anilines is 1. The monoisotopic (exact) mass is 292 g/mol. The first kappa shape index (κ1) is 15.1. The summed E-state index contributed by atoms with van der Waals surface area (Å²) >= 11 is 0. The molecule has 0 saturated carbocycles. The molecule has 2 amide bonds. The van der Waals surface area contributed by atoms with E-state index in [-0.39, 0.29) is 6.54 Å². The zero-order chi connectivity index (χ0) is 15.3. The van der Waals surface area contributed by atoms with Crippen LogP contribution >= 0.6 is 0 Å². The molecule has 21 heavy (non-hydrogen) atoms. The molecule has 0 aromatic carbocycles. The highest BCUT2D eigenvalue weighted by atomic mass is 16.4. The molecule has 0 radical (unpaired) electrons. The van der Waals surface area contributed by atoms with E-state index in [1.807, 2.05) is 0 Å². The predicted octanol–water partition coefficient (Wildman–Crippen LogP) is 1.92. The van der Waals surface area contributed by atoms with Gasteiger partial charge < -0.3 is 20.2 Å². The molecular weight excluding hydrogens is 272 g/mol. The molecule has 2 aromatic heterocycles. The van der Waals surface area contributed by atoms with Gasteiger partial charge in [0.25, 0.3) is 0 Å². The highest BCUT2D eigenvalue weighted by Crippen LogP contribution is 2.19. The third-order valence-electron chi connectivity index (χ3n) is 2.99. The minimum absolute atomic E-state index is 0.0371. The highest BCUT2D eigenvalue weighted by Gasteiger charge is 2.26.